The number of aromatic nitrogens is 1. The molecule has 2 aliphatic rings. The first-order chi connectivity index (χ1) is 29.1. The number of hydrogen-bond acceptors (Lipinski definition) is 8. The van der Waals surface area contributed by atoms with Crippen molar-refractivity contribution < 1.29 is 28.9 Å². The Morgan fingerprint density at radius 3 is 2.23 bits per heavy atom. The van der Waals surface area contributed by atoms with Crippen molar-refractivity contribution in [2.45, 2.75) is 47.1 Å². The van der Waals surface area contributed by atoms with Crippen molar-refractivity contribution >= 4 is 50.5 Å². The van der Waals surface area contributed by atoms with Crippen LogP contribution in [0.25, 0.3) is 27.2 Å². The van der Waals surface area contributed by atoms with Gasteiger partial charge in [-0.2, -0.15) is 0 Å². The zero-order chi connectivity index (χ0) is 42.2. The maximum atomic E-state index is 13.4. The third-order valence-electron chi connectivity index (χ3n) is 11.8. The zero-order valence-electron chi connectivity index (χ0n) is 35.8. The minimum Gasteiger partial charge on any atom is -0.493 e. The predicted molar refractivity (Wildman–Crippen MR) is 241 cm³/mol. The number of aliphatic imine (C=N–C) groups is 1. The van der Waals surface area contributed by atoms with E-state index >= 15 is 0 Å². The largest absolute Gasteiger partial charge is 0.493 e. The van der Waals surface area contributed by atoms with Crippen molar-refractivity contribution in [2.24, 2.45) is 10.9 Å². The van der Waals surface area contributed by atoms with E-state index in [2.05, 4.69) is 64.2 Å². The lowest BCUT2D eigenvalue weighted by atomic mass is 9.94. The standard InChI is InChI=1S/C49H59N5O6/c1-34(2)48(55)53-25-23-52(24-26-53)38-18-20-39(21-19-38)60-33-35(3)45(36(4)50-5)43-15-9-14-41-42(16-10-30-59-44-17-8-12-37-11-6-7-13-40(37)44)47(49(56)57)54(46(41)43)27-22-51-28-31-58-32-29-51/h6-9,11-15,17-21,34H,10,16,22-33H2,1-5H3,(H,56,57)/b45-35-,50-36?. The first-order valence-corrected chi connectivity index (χ1v) is 21.3. The number of ether oxygens (including phenoxy) is 3. The number of piperazine rings is 1. The van der Waals surface area contributed by atoms with Crippen LogP contribution in [0.15, 0.2) is 95.5 Å². The monoisotopic (exact) mass is 813 g/mol. The topological polar surface area (TPSA) is 109 Å². The number of para-hydroxylation sites is 1. The fraction of sp³-hybridized carbons (Fsp3) is 0.408. The van der Waals surface area contributed by atoms with Gasteiger partial charge in [0.15, 0.2) is 0 Å². The second-order valence-electron chi connectivity index (χ2n) is 16.1. The number of amides is 1. The highest BCUT2D eigenvalue weighted by Crippen LogP contribution is 2.36. The molecule has 316 valence electrons. The van der Waals surface area contributed by atoms with Crippen LogP contribution in [-0.4, -0.2) is 116 Å². The van der Waals surface area contributed by atoms with Crippen molar-refractivity contribution in [3.8, 4) is 11.5 Å². The molecule has 0 aliphatic carbocycles. The Labute approximate surface area is 353 Å². The molecular formula is C49H59N5O6. The summed E-state index contributed by atoms with van der Waals surface area (Å²) in [5, 5.41) is 14.0. The summed E-state index contributed by atoms with van der Waals surface area (Å²) in [6.07, 6.45) is 1.19. The normalized spacial score (nSPS) is 15.8. The number of hydrogen-bond donors (Lipinski definition) is 1. The van der Waals surface area contributed by atoms with Gasteiger partial charge in [0, 0.05) is 98.6 Å². The second-order valence-corrected chi connectivity index (χ2v) is 16.1. The van der Waals surface area contributed by atoms with Gasteiger partial charge in [0.1, 0.15) is 23.8 Å². The lowest BCUT2D eigenvalue weighted by molar-refractivity contribution is -0.134. The molecule has 2 saturated heterocycles. The van der Waals surface area contributed by atoms with E-state index in [1.54, 1.807) is 7.05 Å². The number of carbonyl (C=O) groups is 2. The number of benzene rings is 4. The summed E-state index contributed by atoms with van der Waals surface area (Å²) in [4.78, 5) is 37.1. The number of morpholine rings is 1. The molecule has 0 atom stereocenters. The summed E-state index contributed by atoms with van der Waals surface area (Å²) in [5.41, 5.74) is 6.85. The van der Waals surface area contributed by atoms with Crippen LogP contribution < -0.4 is 14.4 Å². The van der Waals surface area contributed by atoms with Crippen LogP contribution in [-0.2, 0) is 22.5 Å². The molecule has 0 saturated carbocycles. The van der Waals surface area contributed by atoms with E-state index in [1.165, 1.54) is 0 Å². The highest BCUT2D eigenvalue weighted by Gasteiger charge is 2.27. The summed E-state index contributed by atoms with van der Waals surface area (Å²) in [6.45, 7) is 16.0. The van der Waals surface area contributed by atoms with E-state index in [0.717, 1.165) is 106 Å². The number of rotatable bonds is 16. The summed E-state index contributed by atoms with van der Waals surface area (Å²) in [5.74, 6) is 0.863. The van der Waals surface area contributed by atoms with E-state index in [9.17, 15) is 14.7 Å². The molecule has 7 rings (SSSR count). The number of allylic oxidation sites excluding steroid dienone is 1. The van der Waals surface area contributed by atoms with Gasteiger partial charge in [-0.15, -0.1) is 0 Å². The molecule has 11 heteroatoms. The number of carbonyl (C=O) groups excluding carboxylic acids is 1. The minimum absolute atomic E-state index is 0.00896. The average molecular weight is 814 g/mol. The van der Waals surface area contributed by atoms with Gasteiger partial charge in [-0.3, -0.25) is 14.7 Å². The number of anilines is 1. The maximum Gasteiger partial charge on any atom is 0.352 e. The molecule has 0 spiro atoms. The lowest BCUT2D eigenvalue weighted by Gasteiger charge is -2.37. The number of fused-ring (bicyclic) bond motifs is 2. The van der Waals surface area contributed by atoms with E-state index in [1.807, 2.05) is 72.7 Å². The van der Waals surface area contributed by atoms with Gasteiger partial charge in [-0.1, -0.05) is 68.4 Å². The Balaban J connectivity index is 1.16. The van der Waals surface area contributed by atoms with E-state index in [0.29, 0.717) is 58.1 Å². The van der Waals surface area contributed by atoms with Crippen LogP contribution in [0.5, 0.6) is 11.5 Å². The molecule has 4 aromatic carbocycles. The van der Waals surface area contributed by atoms with Crippen LogP contribution in [0.1, 0.15) is 55.7 Å². The summed E-state index contributed by atoms with van der Waals surface area (Å²) < 4.78 is 20.4. The Morgan fingerprint density at radius 2 is 1.52 bits per heavy atom. The van der Waals surface area contributed by atoms with Crippen molar-refractivity contribution in [3.63, 3.8) is 0 Å². The molecular weight excluding hydrogens is 755 g/mol. The molecule has 1 amide bonds. The van der Waals surface area contributed by atoms with Crippen molar-refractivity contribution in [3.05, 3.63) is 107 Å². The van der Waals surface area contributed by atoms with E-state index in [-0.39, 0.29) is 11.8 Å². The van der Waals surface area contributed by atoms with Crippen molar-refractivity contribution in [1.82, 2.24) is 14.4 Å². The van der Waals surface area contributed by atoms with E-state index in [4.69, 9.17) is 14.2 Å². The lowest BCUT2D eigenvalue weighted by Crippen LogP contribution is -2.49. The Morgan fingerprint density at radius 1 is 0.817 bits per heavy atom. The quantitative estimate of drug-likeness (QED) is 0.0788. The molecule has 3 heterocycles. The van der Waals surface area contributed by atoms with Crippen LogP contribution >= 0.6 is 0 Å². The SMILES string of the molecule is CN=C(C)/C(=C(\C)COc1ccc(N2CCN(C(=O)C(C)C)CC2)cc1)c1cccc2c(CCCOc3cccc4ccccc34)c(C(=O)O)n(CCN3CCOCC3)c12. The number of carboxylic acid groups (broad SMARTS) is 1. The highest BCUT2D eigenvalue weighted by atomic mass is 16.5. The molecule has 2 aliphatic heterocycles. The minimum atomic E-state index is -0.940. The fourth-order valence-electron chi connectivity index (χ4n) is 8.63. The van der Waals surface area contributed by atoms with Gasteiger partial charge in [0.2, 0.25) is 5.91 Å². The second kappa shape index (κ2) is 19.6. The smallest absolute Gasteiger partial charge is 0.352 e. The van der Waals surface area contributed by atoms with Gasteiger partial charge < -0.3 is 33.7 Å². The molecule has 5 aromatic rings. The summed E-state index contributed by atoms with van der Waals surface area (Å²) in [6, 6.07) is 28.6. The predicted octanol–water partition coefficient (Wildman–Crippen LogP) is 8.08. The summed E-state index contributed by atoms with van der Waals surface area (Å²) in [7, 11) is 1.79. The third-order valence-corrected chi connectivity index (χ3v) is 11.8. The molecule has 1 N–H and O–H groups in total. The molecule has 0 bridgehead atoms. The molecule has 0 radical (unpaired) electrons. The van der Waals surface area contributed by atoms with Crippen LogP contribution in [0.3, 0.4) is 0 Å². The first-order valence-electron chi connectivity index (χ1n) is 21.3. The number of nitrogens with zero attached hydrogens (tertiary/aromatic N) is 5. The van der Waals surface area contributed by atoms with Gasteiger partial charge in [0.25, 0.3) is 0 Å². The van der Waals surface area contributed by atoms with Crippen LogP contribution in [0, 0.1) is 5.92 Å². The molecule has 0 unspecified atom stereocenters. The zero-order valence-corrected chi connectivity index (χ0v) is 35.8. The Hall–Kier alpha value is -5.65. The van der Waals surface area contributed by atoms with Gasteiger partial charge >= 0.3 is 5.97 Å². The Kier molecular flexibility index (Phi) is 13.9. The highest BCUT2D eigenvalue weighted by molar-refractivity contribution is 6.26. The Bertz CT molecular complexity index is 2340. The molecule has 2 fully saturated rings. The number of aromatic carboxylic acids is 1. The third kappa shape index (κ3) is 9.53. The van der Waals surface area contributed by atoms with Gasteiger partial charge in [-0.25, -0.2) is 4.79 Å². The van der Waals surface area contributed by atoms with Crippen LogP contribution in [0.4, 0.5) is 5.69 Å². The van der Waals surface area contributed by atoms with Gasteiger partial charge in [-0.05, 0) is 73.5 Å². The van der Waals surface area contributed by atoms with Crippen LogP contribution in [0.2, 0.25) is 0 Å². The molecule has 60 heavy (non-hydrogen) atoms. The van der Waals surface area contributed by atoms with Gasteiger partial charge in [0.05, 0.1) is 25.3 Å². The number of carboxylic acids is 1. The molecule has 11 nitrogen and oxygen atoms in total. The first kappa shape index (κ1) is 42.5. The number of aryl methyl sites for hydroxylation is 1. The molecule has 1 aromatic heterocycles. The van der Waals surface area contributed by atoms with Crippen molar-refractivity contribution in [1.29, 1.82) is 0 Å². The van der Waals surface area contributed by atoms with E-state index < -0.39 is 5.97 Å². The van der Waals surface area contributed by atoms with Crippen molar-refractivity contribution in [2.75, 3.05) is 84.2 Å². The summed E-state index contributed by atoms with van der Waals surface area (Å²) >= 11 is 0. The maximum absolute atomic E-state index is 13.4. The fourth-order valence-corrected chi connectivity index (χ4v) is 8.63. The average Bonchev–Trinajstić information content (AvgIpc) is 3.60.